The third-order valence-corrected chi connectivity index (χ3v) is 3.57. The third kappa shape index (κ3) is 2.46. The zero-order valence-corrected chi connectivity index (χ0v) is 13.3. The molecule has 0 aliphatic carbocycles. The van der Waals surface area contributed by atoms with E-state index in [0.29, 0.717) is 0 Å². The Labute approximate surface area is 134 Å². The highest BCUT2D eigenvalue weighted by Gasteiger charge is 2.21. The molecule has 0 atom stereocenters. The number of ether oxygens (including phenoxy) is 2. The van der Waals surface area contributed by atoms with E-state index in [-0.39, 0.29) is 12.3 Å². The zero-order valence-electron chi connectivity index (χ0n) is 13.3. The van der Waals surface area contributed by atoms with Crippen LogP contribution < -0.4 is 14.8 Å². The normalized spacial score (nSPS) is 13.5. The molecule has 118 valence electrons. The number of fused-ring (bicyclic) bond motifs is 2. The quantitative estimate of drug-likeness (QED) is 0.786. The first-order valence-corrected chi connectivity index (χ1v) is 7.51. The van der Waals surface area contributed by atoms with E-state index in [2.05, 4.69) is 31.1 Å². The average Bonchev–Trinajstić information content (AvgIpc) is 3.10. The van der Waals surface area contributed by atoms with Gasteiger partial charge in [-0.3, -0.25) is 9.38 Å². The summed E-state index contributed by atoms with van der Waals surface area (Å²) in [6.45, 7) is 6.63. The van der Waals surface area contributed by atoms with Crippen molar-refractivity contribution < 1.29 is 9.47 Å². The molecule has 0 bridgehead atoms. The number of nitrogens with zero attached hydrogens (tertiary/aromatic N) is 3. The van der Waals surface area contributed by atoms with Crippen LogP contribution in [0.2, 0.25) is 0 Å². The summed E-state index contributed by atoms with van der Waals surface area (Å²) in [7, 11) is 0. The fraction of sp³-hybridized carbons (Fsp3) is 0.294. The number of hydrogen-bond acceptors (Lipinski definition) is 5. The van der Waals surface area contributed by atoms with Gasteiger partial charge >= 0.3 is 0 Å². The molecule has 1 aromatic carbocycles. The van der Waals surface area contributed by atoms with Crippen molar-refractivity contribution in [2.75, 3.05) is 12.1 Å². The van der Waals surface area contributed by atoms with Gasteiger partial charge in [-0.05, 0) is 39.0 Å². The molecule has 0 saturated heterocycles. The van der Waals surface area contributed by atoms with Crippen LogP contribution >= 0.6 is 0 Å². The van der Waals surface area contributed by atoms with Gasteiger partial charge in [0.15, 0.2) is 17.1 Å². The topological polar surface area (TPSA) is 60.7 Å². The third-order valence-electron chi connectivity index (χ3n) is 3.57. The average molecular weight is 310 g/mol. The Morgan fingerprint density at radius 2 is 2.00 bits per heavy atom. The van der Waals surface area contributed by atoms with E-state index in [1.165, 1.54) is 0 Å². The van der Waals surface area contributed by atoms with E-state index in [1.54, 1.807) is 12.4 Å². The van der Waals surface area contributed by atoms with Gasteiger partial charge < -0.3 is 14.8 Å². The van der Waals surface area contributed by atoms with Crippen molar-refractivity contribution in [2.45, 2.75) is 26.3 Å². The fourth-order valence-corrected chi connectivity index (χ4v) is 2.63. The number of nitrogens with one attached hydrogen (secondary N) is 1. The van der Waals surface area contributed by atoms with Crippen LogP contribution in [0.4, 0.5) is 5.82 Å². The summed E-state index contributed by atoms with van der Waals surface area (Å²) < 4.78 is 12.9. The second-order valence-electron chi connectivity index (χ2n) is 6.56. The van der Waals surface area contributed by atoms with Crippen molar-refractivity contribution >= 4 is 11.5 Å². The molecule has 23 heavy (non-hydrogen) atoms. The van der Waals surface area contributed by atoms with E-state index in [9.17, 15) is 0 Å². The van der Waals surface area contributed by atoms with Crippen molar-refractivity contribution in [3.8, 4) is 22.8 Å². The zero-order chi connectivity index (χ0) is 16.0. The highest BCUT2D eigenvalue weighted by molar-refractivity contribution is 5.78. The van der Waals surface area contributed by atoms with E-state index in [0.717, 1.165) is 34.2 Å². The molecule has 0 radical (unpaired) electrons. The summed E-state index contributed by atoms with van der Waals surface area (Å²) in [6.07, 6.45) is 5.42. The van der Waals surface area contributed by atoms with Crippen molar-refractivity contribution in [2.24, 2.45) is 0 Å². The van der Waals surface area contributed by atoms with Crippen molar-refractivity contribution in [1.82, 2.24) is 14.4 Å². The largest absolute Gasteiger partial charge is 0.454 e. The Hall–Kier alpha value is -2.76. The Bertz CT molecular complexity index is 880. The lowest BCUT2D eigenvalue weighted by Crippen LogP contribution is -2.27. The van der Waals surface area contributed by atoms with Crippen molar-refractivity contribution in [3.63, 3.8) is 0 Å². The fourth-order valence-electron chi connectivity index (χ4n) is 2.63. The summed E-state index contributed by atoms with van der Waals surface area (Å²) in [5.74, 6) is 2.46. The molecule has 0 saturated carbocycles. The summed E-state index contributed by atoms with van der Waals surface area (Å²) in [6, 6.07) is 5.88. The van der Waals surface area contributed by atoms with Gasteiger partial charge in [-0.2, -0.15) is 0 Å². The summed E-state index contributed by atoms with van der Waals surface area (Å²) in [4.78, 5) is 8.89. The lowest BCUT2D eigenvalue weighted by Gasteiger charge is -2.22. The number of imidazole rings is 1. The minimum atomic E-state index is -0.0929. The lowest BCUT2D eigenvalue weighted by atomic mass is 10.1. The molecule has 0 unspecified atom stereocenters. The van der Waals surface area contributed by atoms with Crippen LogP contribution in [0.3, 0.4) is 0 Å². The lowest BCUT2D eigenvalue weighted by molar-refractivity contribution is 0.174. The summed E-state index contributed by atoms with van der Waals surface area (Å²) in [5.41, 5.74) is 2.55. The molecule has 3 heterocycles. The van der Waals surface area contributed by atoms with E-state index < -0.39 is 0 Å². The molecule has 1 N–H and O–H groups in total. The van der Waals surface area contributed by atoms with Crippen LogP contribution in [-0.2, 0) is 0 Å². The minimum absolute atomic E-state index is 0.0929. The maximum Gasteiger partial charge on any atom is 0.231 e. The Kier molecular flexibility index (Phi) is 2.94. The summed E-state index contributed by atoms with van der Waals surface area (Å²) in [5, 5.41) is 3.54. The van der Waals surface area contributed by atoms with Gasteiger partial charge in [0.2, 0.25) is 6.79 Å². The number of hydrogen-bond donors (Lipinski definition) is 1. The highest BCUT2D eigenvalue weighted by Crippen LogP contribution is 2.38. The van der Waals surface area contributed by atoms with Gasteiger partial charge in [-0.1, -0.05) is 0 Å². The first-order chi connectivity index (χ1) is 11.0. The minimum Gasteiger partial charge on any atom is -0.454 e. The molecule has 1 aliphatic heterocycles. The molecular formula is C17H18N4O2. The second-order valence-corrected chi connectivity index (χ2v) is 6.56. The van der Waals surface area contributed by atoms with Gasteiger partial charge in [0.1, 0.15) is 11.5 Å². The van der Waals surface area contributed by atoms with Gasteiger partial charge in [-0.15, -0.1) is 0 Å². The van der Waals surface area contributed by atoms with Crippen molar-refractivity contribution in [1.29, 1.82) is 0 Å². The standard InChI is InChI=1S/C17H18N4O2/c1-17(2,3)20-16-15(19-14-9-18-6-7-21(14)16)11-4-5-12-13(8-11)23-10-22-12/h4-9,20H,10H2,1-3H3. The van der Waals surface area contributed by atoms with Gasteiger partial charge in [0.25, 0.3) is 0 Å². The van der Waals surface area contributed by atoms with Gasteiger partial charge in [0, 0.05) is 23.5 Å². The van der Waals surface area contributed by atoms with Crippen LogP contribution in [0.15, 0.2) is 36.8 Å². The molecular weight excluding hydrogens is 292 g/mol. The molecule has 3 aromatic rings. The Morgan fingerprint density at radius 3 is 2.83 bits per heavy atom. The molecule has 0 amide bonds. The van der Waals surface area contributed by atoms with Crippen molar-refractivity contribution in [3.05, 3.63) is 36.8 Å². The molecule has 2 aromatic heterocycles. The maximum atomic E-state index is 5.49. The Balaban J connectivity index is 1.90. The van der Waals surface area contributed by atoms with Gasteiger partial charge in [0.05, 0.1) is 6.20 Å². The number of aromatic nitrogens is 3. The van der Waals surface area contributed by atoms with Gasteiger partial charge in [-0.25, -0.2) is 4.98 Å². The number of rotatable bonds is 2. The smallest absolute Gasteiger partial charge is 0.231 e. The molecule has 6 heteroatoms. The molecule has 1 aliphatic rings. The first-order valence-electron chi connectivity index (χ1n) is 7.51. The molecule has 4 rings (SSSR count). The van der Waals surface area contributed by atoms with Crippen LogP contribution in [0.25, 0.3) is 16.9 Å². The SMILES string of the molecule is CC(C)(C)Nc1c(-c2ccc3c(c2)OCO3)nc2cnccn12. The number of benzene rings is 1. The van der Waals surface area contributed by atoms with E-state index >= 15 is 0 Å². The highest BCUT2D eigenvalue weighted by atomic mass is 16.7. The van der Waals surface area contributed by atoms with Crippen LogP contribution in [0.1, 0.15) is 20.8 Å². The second kappa shape index (κ2) is 4.87. The van der Waals surface area contributed by atoms with Crippen LogP contribution in [0, 0.1) is 0 Å². The maximum absolute atomic E-state index is 5.49. The van der Waals surface area contributed by atoms with Crippen LogP contribution in [-0.4, -0.2) is 26.7 Å². The molecule has 0 spiro atoms. The van der Waals surface area contributed by atoms with Crippen LogP contribution in [0.5, 0.6) is 11.5 Å². The predicted octanol–water partition coefficient (Wildman–Crippen LogP) is 3.34. The Morgan fingerprint density at radius 1 is 1.17 bits per heavy atom. The molecule has 6 nitrogen and oxygen atoms in total. The monoisotopic (exact) mass is 310 g/mol. The number of anilines is 1. The first kappa shape index (κ1) is 13.9. The summed E-state index contributed by atoms with van der Waals surface area (Å²) >= 11 is 0. The van der Waals surface area contributed by atoms with E-state index in [4.69, 9.17) is 14.5 Å². The molecule has 0 fully saturated rings. The predicted molar refractivity (Wildman–Crippen MR) is 87.9 cm³/mol. The van der Waals surface area contributed by atoms with E-state index in [1.807, 2.05) is 28.8 Å².